The second-order valence-electron chi connectivity index (χ2n) is 7.73. The molecule has 0 fully saturated rings. The van der Waals surface area contributed by atoms with Crippen LogP contribution in [-0.2, 0) is 13.2 Å². The smallest absolute Gasteiger partial charge is 0.275 e. The lowest BCUT2D eigenvalue weighted by atomic mass is 10.2. The molecule has 0 heterocycles. The third-order valence-electron chi connectivity index (χ3n) is 5.30. The van der Waals surface area contributed by atoms with Gasteiger partial charge >= 0.3 is 0 Å². The molecule has 0 saturated carbocycles. The Labute approximate surface area is 209 Å². The van der Waals surface area contributed by atoms with E-state index in [0.29, 0.717) is 40.5 Å². The van der Waals surface area contributed by atoms with Gasteiger partial charge in [0, 0.05) is 11.1 Å². The fourth-order valence-electron chi connectivity index (χ4n) is 3.45. The number of para-hydroxylation sites is 2. The molecule has 0 aliphatic carbocycles. The number of nitrogens with zero attached hydrogens (tertiary/aromatic N) is 1. The van der Waals surface area contributed by atoms with Crippen LogP contribution in [0.15, 0.2) is 102 Å². The Bertz CT molecular complexity index is 1340. The van der Waals surface area contributed by atoms with Gasteiger partial charge < -0.3 is 14.2 Å². The number of ether oxygens (including phenoxy) is 3. The first-order chi connectivity index (χ1) is 17.7. The third-order valence-corrected chi connectivity index (χ3v) is 5.30. The van der Waals surface area contributed by atoms with Crippen LogP contribution in [0.25, 0.3) is 0 Å². The molecule has 1 N–H and O–H groups in total. The molecule has 6 nitrogen and oxygen atoms in total. The summed E-state index contributed by atoms with van der Waals surface area (Å²) in [7, 11) is 1.51. The molecule has 0 saturated heterocycles. The molecule has 1 amide bonds. The Hall–Kier alpha value is -4.65. The van der Waals surface area contributed by atoms with Crippen LogP contribution in [0, 0.1) is 5.82 Å². The molecule has 4 aromatic carbocycles. The molecule has 7 heteroatoms. The molecule has 0 aromatic heterocycles. The standard InChI is InChI=1S/C29H25FN2O4/c1-34-27-17-9-13-22(28(27)36-20-23-12-5-7-15-25(23)30)18-31-32-29(33)24-14-6-8-16-26(24)35-19-21-10-3-2-4-11-21/h2-18H,19-20H2,1H3,(H,32,33)/b31-18+. The van der Waals surface area contributed by atoms with Crippen molar-refractivity contribution in [3.05, 3.63) is 125 Å². The van der Waals surface area contributed by atoms with Crippen molar-refractivity contribution in [3.8, 4) is 17.2 Å². The van der Waals surface area contributed by atoms with Crippen LogP contribution in [-0.4, -0.2) is 19.2 Å². The van der Waals surface area contributed by atoms with Crippen LogP contribution in [0.3, 0.4) is 0 Å². The van der Waals surface area contributed by atoms with Crippen molar-refractivity contribution in [1.29, 1.82) is 0 Å². The van der Waals surface area contributed by atoms with Crippen molar-refractivity contribution < 1.29 is 23.4 Å². The SMILES string of the molecule is COc1cccc(/C=N/NC(=O)c2ccccc2OCc2ccccc2)c1OCc1ccccc1F. The number of rotatable bonds is 10. The number of hydrazone groups is 1. The van der Waals surface area contributed by atoms with Crippen molar-refractivity contribution in [3.63, 3.8) is 0 Å². The minimum Gasteiger partial charge on any atom is -0.493 e. The summed E-state index contributed by atoms with van der Waals surface area (Å²) in [6.07, 6.45) is 1.45. The molecule has 182 valence electrons. The van der Waals surface area contributed by atoms with E-state index < -0.39 is 5.91 Å². The summed E-state index contributed by atoms with van der Waals surface area (Å²) in [6, 6.07) is 28.3. The van der Waals surface area contributed by atoms with Crippen molar-refractivity contribution in [2.75, 3.05) is 7.11 Å². The molecule has 0 atom stereocenters. The van der Waals surface area contributed by atoms with E-state index in [-0.39, 0.29) is 12.4 Å². The summed E-state index contributed by atoms with van der Waals surface area (Å²) in [5.41, 5.74) is 4.84. The Morgan fingerprint density at radius 3 is 2.36 bits per heavy atom. The third kappa shape index (κ3) is 6.27. The van der Waals surface area contributed by atoms with Crippen LogP contribution >= 0.6 is 0 Å². The average Bonchev–Trinajstić information content (AvgIpc) is 2.92. The monoisotopic (exact) mass is 484 g/mol. The van der Waals surface area contributed by atoms with Crippen LogP contribution < -0.4 is 19.6 Å². The molecular weight excluding hydrogens is 459 g/mol. The maximum atomic E-state index is 14.0. The summed E-state index contributed by atoms with van der Waals surface area (Å²) in [5.74, 6) is 0.508. The quantitative estimate of drug-likeness (QED) is 0.230. The van der Waals surface area contributed by atoms with Crippen LogP contribution in [0.2, 0.25) is 0 Å². The van der Waals surface area contributed by atoms with Gasteiger partial charge in [0.05, 0.1) is 18.9 Å². The van der Waals surface area contributed by atoms with E-state index in [9.17, 15) is 9.18 Å². The van der Waals surface area contributed by atoms with Crippen molar-refractivity contribution in [2.24, 2.45) is 5.10 Å². The van der Waals surface area contributed by atoms with Gasteiger partial charge in [0.2, 0.25) is 0 Å². The Balaban J connectivity index is 1.45. The number of halogens is 1. The van der Waals surface area contributed by atoms with E-state index in [1.165, 1.54) is 19.4 Å². The molecule has 0 unspecified atom stereocenters. The molecule has 0 aliphatic heterocycles. The van der Waals surface area contributed by atoms with Gasteiger partial charge in [-0.2, -0.15) is 5.10 Å². The van der Waals surface area contributed by atoms with E-state index in [2.05, 4.69) is 10.5 Å². The first kappa shape index (κ1) is 24.5. The van der Waals surface area contributed by atoms with Gasteiger partial charge in [-0.1, -0.05) is 66.7 Å². The zero-order valence-corrected chi connectivity index (χ0v) is 19.7. The van der Waals surface area contributed by atoms with Crippen LogP contribution in [0.1, 0.15) is 27.0 Å². The van der Waals surface area contributed by atoms with E-state index in [1.807, 2.05) is 30.3 Å². The minimum absolute atomic E-state index is 0.00632. The van der Waals surface area contributed by atoms with E-state index in [0.717, 1.165) is 5.56 Å². The fraction of sp³-hybridized carbons (Fsp3) is 0.103. The molecule has 0 spiro atoms. The van der Waals surface area contributed by atoms with E-state index in [1.54, 1.807) is 60.7 Å². The second-order valence-corrected chi connectivity index (χ2v) is 7.73. The summed E-state index contributed by atoms with van der Waals surface area (Å²) in [5, 5.41) is 4.10. The number of hydrogen-bond acceptors (Lipinski definition) is 5. The predicted molar refractivity (Wildman–Crippen MR) is 136 cm³/mol. The molecule has 4 rings (SSSR count). The molecule has 0 aliphatic rings. The lowest BCUT2D eigenvalue weighted by molar-refractivity contribution is 0.0950. The number of hydrogen-bond donors (Lipinski definition) is 1. The van der Waals surface area contributed by atoms with Crippen molar-refractivity contribution >= 4 is 12.1 Å². The average molecular weight is 485 g/mol. The number of benzene rings is 4. The Morgan fingerprint density at radius 2 is 1.56 bits per heavy atom. The van der Waals surface area contributed by atoms with Crippen molar-refractivity contribution in [2.45, 2.75) is 13.2 Å². The Morgan fingerprint density at radius 1 is 0.833 bits per heavy atom. The molecular formula is C29H25FN2O4. The minimum atomic E-state index is -0.424. The number of carbonyl (C=O) groups excluding carboxylic acids is 1. The predicted octanol–water partition coefficient (Wildman–Crippen LogP) is 5.76. The molecule has 4 aromatic rings. The first-order valence-electron chi connectivity index (χ1n) is 11.3. The highest BCUT2D eigenvalue weighted by atomic mass is 19.1. The molecule has 0 bridgehead atoms. The van der Waals surface area contributed by atoms with E-state index >= 15 is 0 Å². The summed E-state index contributed by atoms with van der Waals surface area (Å²) in [6.45, 7) is 0.341. The van der Waals surface area contributed by atoms with Crippen LogP contribution in [0.5, 0.6) is 17.2 Å². The van der Waals surface area contributed by atoms with E-state index in [4.69, 9.17) is 14.2 Å². The second kappa shape index (κ2) is 12.2. The van der Waals surface area contributed by atoms with Gasteiger partial charge in [-0.3, -0.25) is 4.79 Å². The Kier molecular flexibility index (Phi) is 8.27. The zero-order chi connectivity index (χ0) is 25.2. The summed E-state index contributed by atoms with van der Waals surface area (Å²) < 4.78 is 31.1. The maximum absolute atomic E-state index is 14.0. The van der Waals surface area contributed by atoms with Gasteiger partial charge in [0.15, 0.2) is 11.5 Å². The van der Waals surface area contributed by atoms with Gasteiger partial charge in [-0.25, -0.2) is 9.82 Å². The normalized spacial score (nSPS) is 10.7. The lowest BCUT2D eigenvalue weighted by Gasteiger charge is -2.13. The molecule has 0 radical (unpaired) electrons. The fourth-order valence-corrected chi connectivity index (χ4v) is 3.45. The van der Waals surface area contributed by atoms with Gasteiger partial charge in [-0.15, -0.1) is 0 Å². The van der Waals surface area contributed by atoms with Gasteiger partial charge in [0.1, 0.15) is 24.8 Å². The maximum Gasteiger partial charge on any atom is 0.275 e. The number of amides is 1. The number of methoxy groups -OCH3 is 1. The molecule has 36 heavy (non-hydrogen) atoms. The highest BCUT2D eigenvalue weighted by Crippen LogP contribution is 2.31. The zero-order valence-electron chi connectivity index (χ0n) is 19.7. The van der Waals surface area contributed by atoms with Crippen molar-refractivity contribution in [1.82, 2.24) is 5.43 Å². The summed E-state index contributed by atoms with van der Waals surface area (Å²) in [4.78, 5) is 12.8. The highest BCUT2D eigenvalue weighted by molar-refractivity contribution is 5.97. The highest BCUT2D eigenvalue weighted by Gasteiger charge is 2.13. The number of nitrogens with one attached hydrogen (secondary N) is 1. The largest absolute Gasteiger partial charge is 0.493 e. The first-order valence-corrected chi connectivity index (χ1v) is 11.3. The lowest BCUT2D eigenvalue weighted by Crippen LogP contribution is -2.18. The number of carbonyl (C=O) groups is 1. The van der Waals surface area contributed by atoms with Gasteiger partial charge in [0.25, 0.3) is 5.91 Å². The topological polar surface area (TPSA) is 69.2 Å². The van der Waals surface area contributed by atoms with Gasteiger partial charge in [-0.05, 0) is 35.9 Å². The van der Waals surface area contributed by atoms with Crippen LogP contribution in [0.4, 0.5) is 4.39 Å². The summed E-state index contributed by atoms with van der Waals surface area (Å²) >= 11 is 0.